The SMILES string of the molecule is C=CC(=O)N1CCC(n2cnc3c(OC[C@@H]4CCCN4C)nc4c(F)c(-c5c(C)ccc6c5C=NC6)c(Cl)cc4c32)CC1CC#N. The van der Waals surface area contributed by atoms with Gasteiger partial charge in [-0.05, 0) is 75.0 Å². The van der Waals surface area contributed by atoms with Gasteiger partial charge in [0.25, 0.3) is 0 Å². The van der Waals surface area contributed by atoms with Crippen LogP contribution in [0.1, 0.15) is 54.8 Å². The molecule has 2 aromatic carbocycles. The van der Waals surface area contributed by atoms with Crippen LogP contribution in [0.25, 0.3) is 33.1 Å². The molecule has 0 aliphatic carbocycles. The molecule has 0 bridgehead atoms. The molecule has 46 heavy (non-hydrogen) atoms. The smallest absolute Gasteiger partial charge is 0.246 e. The highest BCUT2D eigenvalue weighted by Crippen LogP contribution is 2.44. The number of nitriles is 1. The fraction of sp³-hybridized carbons (Fsp3) is 0.400. The van der Waals surface area contributed by atoms with Crippen LogP contribution in [0.2, 0.25) is 5.02 Å². The number of hydrogen-bond donors (Lipinski definition) is 0. The number of hydrogen-bond acceptors (Lipinski definition) is 7. The van der Waals surface area contributed by atoms with Crippen LogP contribution < -0.4 is 4.74 Å². The standard InChI is InChI=1S/C35H35ClFN7O2/c1-4-28(45)43-13-10-23(14-22(43)9-11-38)44-19-40-33-34(44)25-15-27(36)30(29-20(2)7-8-21-16-39-17-26(21)29)31(37)32(25)41-35(33)46-18-24-6-5-12-42(24)3/h4,7-8,15,17,19,22-24H,1,5-6,9-10,12-14,16,18H2,2-3H3/t22?,23?,24-/m0/s1. The zero-order valence-corrected chi connectivity index (χ0v) is 26.7. The molecule has 0 spiro atoms. The molecule has 1 amide bonds. The van der Waals surface area contributed by atoms with Crippen LogP contribution in [-0.4, -0.2) is 75.3 Å². The minimum absolute atomic E-state index is 0.103. The number of amides is 1. The molecule has 3 atom stereocenters. The van der Waals surface area contributed by atoms with E-state index in [1.165, 1.54) is 6.08 Å². The topological polar surface area (TPSA) is 99.6 Å². The van der Waals surface area contributed by atoms with E-state index in [1.54, 1.807) is 23.5 Å². The summed E-state index contributed by atoms with van der Waals surface area (Å²) in [6.07, 6.45) is 8.29. The van der Waals surface area contributed by atoms with Crippen molar-refractivity contribution in [3.05, 3.63) is 64.7 Å². The summed E-state index contributed by atoms with van der Waals surface area (Å²) in [6, 6.07) is 7.85. The Morgan fingerprint density at radius 2 is 2.09 bits per heavy atom. The lowest BCUT2D eigenvalue weighted by molar-refractivity contribution is -0.130. The molecule has 9 nitrogen and oxygen atoms in total. The number of pyridine rings is 1. The Morgan fingerprint density at radius 1 is 1.24 bits per heavy atom. The Labute approximate surface area is 271 Å². The predicted molar refractivity (Wildman–Crippen MR) is 177 cm³/mol. The highest BCUT2D eigenvalue weighted by atomic mass is 35.5. The van der Waals surface area contributed by atoms with Crippen molar-refractivity contribution >= 4 is 45.7 Å². The molecule has 2 unspecified atom stereocenters. The van der Waals surface area contributed by atoms with Crippen molar-refractivity contribution in [2.45, 2.75) is 63.7 Å². The first-order chi connectivity index (χ1) is 22.3. The van der Waals surface area contributed by atoms with Crippen LogP contribution in [0.5, 0.6) is 5.88 Å². The van der Waals surface area contributed by atoms with E-state index in [1.807, 2.05) is 23.6 Å². The number of halogens is 2. The van der Waals surface area contributed by atoms with Gasteiger partial charge in [-0.3, -0.25) is 9.79 Å². The third-order valence-corrected chi connectivity index (χ3v) is 10.2. The number of aryl methyl sites for hydroxylation is 1. The first-order valence-electron chi connectivity index (χ1n) is 15.7. The second-order valence-electron chi connectivity index (χ2n) is 12.5. The van der Waals surface area contributed by atoms with Gasteiger partial charge >= 0.3 is 0 Å². The fourth-order valence-electron chi connectivity index (χ4n) is 7.42. The molecule has 0 radical (unpaired) electrons. The first kappa shape index (κ1) is 30.3. The van der Waals surface area contributed by atoms with Gasteiger partial charge in [-0.15, -0.1) is 0 Å². The number of imidazole rings is 1. The average molecular weight is 640 g/mol. The molecular formula is C35H35ClFN7O2. The summed E-state index contributed by atoms with van der Waals surface area (Å²) < 4.78 is 25.4. The molecule has 2 fully saturated rings. The van der Waals surface area contributed by atoms with Crippen molar-refractivity contribution < 1.29 is 13.9 Å². The Kier molecular flexibility index (Phi) is 7.99. The molecular weight excluding hydrogens is 605 g/mol. The lowest BCUT2D eigenvalue weighted by atomic mass is 9.91. The molecule has 0 N–H and O–H groups in total. The zero-order chi connectivity index (χ0) is 32.1. The molecule has 5 heterocycles. The number of likely N-dealkylation sites (tertiary alicyclic amines) is 2. The van der Waals surface area contributed by atoms with Gasteiger partial charge in [0.1, 0.15) is 12.1 Å². The van der Waals surface area contributed by atoms with E-state index in [-0.39, 0.29) is 46.9 Å². The lowest BCUT2D eigenvalue weighted by Gasteiger charge is -2.38. The van der Waals surface area contributed by atoms with Crippen LogP contribution in [0.15, 0.2) is 42.2 Å². The molecule has 4 aromatic rings. The number of piperidine rings is 1. The molecule has 2 aromatic heterocycles. The number of aromatic nitrogens is 3. The van der Waals surface area contributed by atoms with Gasteiger partial charge in [0.2, 0.25) is 11.8 Å². The van der Waals surface area contributed by atoms with Crippen molar-refractivity contribution in [3.8, 4) is 23.1 Å². The second-order valence-corrected chi connectivity index (χ2v) is 12.9. The van der Waals surface area contributed by atoms with Crippen LogP contribution in [0.4, 0.5) is 4.39 Å². The van der Waals surface area contributed by atoms with Crippen molar-refractivity contribution in [1.29, 1.82) is 5.26 Å². The molecule has 11 heteroatoms. The van der Waals surface area contributed by atoms with E-state index in [4.69, 9.17) is 26.3 Å². The van der Waals surface area contributed by atoms with E-state index in [9.17, 15) is 10.1 Å². The molecule has 3 aliphatic heterocycles. The van der Waals surface area contributed by atoms with Crippen molar-refractivity contribution in [2.24, 2.45) is 4.99 Å². The number of carbonyl (C=O) groups excluding carboxylic acids is 1. The summed E-state index contributed by atoms with van der Waals surface area (Å²) in [4.78, 5) is 30.6. The van der Waals surface area contributed by atoms with Gasteiger partial charge in [-0.1, -0.05) is 30.3 Å². The van der Waals surface area contributed by atoms with Crippen molar-refractivity contribution in [3.63, 3.8) is 0 Å². The number of rotatable bonds is 7. The summed E-state index contributed by atoms with van der Waals surface area (Å²) >= 11 is 6.99. The Balaban J connectivity index is 1.40. The van der Waals surface area contributed by atoms with Crippen molar-refractivity contribution in [2.75, 3.05) is 26.7 Å². The number of aliphatic imine (C=N–C) groups is 1. The van der Waals surface area contributed by atoms with Crippen molar-refractivity contribution in [1.82, 2.24) is 24.3 Å². The number of likely N-dealkylation sites (N-methyl/N-ethyl adjacent to an activating group) is 1. The minimum atomic E-state index is -0.523. The van der Waals surface area contributed by atoms with Gasteiger partial charge in [0, 0.05) is 47.4 Å². The van der Waals surface area contributed by atoms with Crippen LogP contribution in [-0.2, 0) is 11.3 Å². The summed E-state index contributed by atoms with van der Waals surface area (Å²) in [6.45, 7) is 8.00. The van der Waals surface area contributed by atoms with Crippen LogP contribution in [0.3, 0.4) is 0 Å². The molecule has 236 valence electrons. The average Bonchev–Trinajstić information content (AvgIpc) is 3.81. The molecule has 2 saturated heterocycles. The molecule has 7 rings (SSSR count). The summed E-state index contributed by atoms with van der Waals surface area (Å²) in [5.41, 5.74) is 5.15. The molecule has 0 saturated carbocycles. The largest absolute Gasteiger partial charge is 0.474 e. The highest BCUT2D eigenvalue weighted by molar-refractivity contribution is 6.35. The maximum atomic E-state index is 17.0. The van der Waals surface area contributed by atoms with Crippen LogP contribution in [0, 0.1) is 24.1 Å². The number of ether oxygens (including phenoxy) is 1. The number of nitrogens with zero attached hydrogens (tertiary/aromatic N) is 7. The molecule has 3 aliphatic rings. The highest BCUT2D eigenvalue weighted by Gasteiger charge is 2.34. The van der Waals surface area contributed by atoms with Gasteiger partial charge < -0.3 is 19.1 Å². The zero-order valence-electron chi connectivity index (χ0n) is 26.0. The minimum Gasteiger partial charge on any atom is -0.474 e. The Bertz CT molecular complexity index is 1960. The van der Waals surface area contributed by atoms with E-state index in [2.05, 4.69) is 29.6 Å². The number of carbonyl (C=O) groups is 1. The van der Waals surface area contributed by atoms with Gasteiger partial charge in [-0.25, -0.2) is 14.4 Å². The van der Waals surface area contributed by atoms with Gasteiger partial charge in [-0.2, -0.15) is 5.26 Å². The van der Waals surface area contributed by atoms with Gasteiger partial charge in [0.15, 0.2) is 11.3 Å². The van der Waals surface area contributed by atoms with E-state index < -0.39 is 5.82 Å². The van der Waals surface area contributed by atoms with E-state index in [0.29, 0.717) is 60.1 Å². The normalized spacial score (nSPS) is 21.2. The third-order valence-electron chi connectivity index (χ3n) is 9.88. The quantitative estimate of drug-likeness (QED) is 0.217. The number of benzene rings is 2. The van der Waals surface area contributed by atoms with Crippen LogP contribution >= 0.6 is 11.6 Å². The third kappa shape index (κ3) is 5.02. The second kappa shape index (κ2) is 12.1. The lowest BCUT2D eigenvalue weighted by Crippen LogP contribution is -2.45. The maximum Gasteiger partial charge on any atom is 0.246 e. The monoisotopic (exact) mass is 639 g/mol. The van der Waals surface area contributed by atoms with E-state index in [0.717, 1.165) is 36.1 Å². The Hall–Kier alpha value is -4.33. The number of fused-ring (bicyclic) bond motifs is 4. The summed E-state index contributed by atoms with van der Waals surface area (Å²) in [7, 11) is 2.08. The van der Waals surface area contributed by atoms with Gasteiger partial charge in [0.05, 0.1) is 35.9 Å². The van der Waals surface area contributed by atoms with E-state index >= 15 is 4.39 Å². The predicted octanol–water partition coefficient (Wildman–Crippen LogP) is 6.39. The first-order valence-corrected chi connectivity index (χ1v) is 16.1. The fourth-order valence-corrected chi connectivity index (χ4v) is 7.71. The maximum absolute atomic E-state index is 17.0. The summed E-state index contributed by atoms with van der Waals surface area (Å²) in [5.74, 6) is -0.436. The summed E-state index contributed by atoms with van der Waals surface area (Å²) in [5, 5.41) is 10.4. The Morgan fingerprint density at radius 3 is 2.85 bits per heavy atom.